The maximum atomic E-state index is 12.9. The van der Waals surface area contributed by atoms with Crippen molar-refractivity contribution in [3.63, 3.8) is 0 Å². The predicted molar refractivity (Wildman–Crippen MR) is 99.2 cm³/mol. The van der Waals surface area contributed by atoms with Gasteiger partial charge in [-0.1, -0.05) is 20.8 Å². The van der Waals surface area contributed by atoms with E-state index >= 15 is 0 Å². The number of carbonyl (C=O) groups is 2. The molecule has 5 heteroatoms. The first-order valence-electron chi connectivity index (χ1n) is 8.68. The Morgan fingerprint density at radius 1 is 1.29 bits per heavy atom. The van der Waals surface area contributed by atoms with Crippen LogP contribution < -0.4 is 10.6 Å². The van der Waals surface area contributed by atoms with E-state index in [0.29, 0.717) is 6.54 Å². The second kappa shape index (κ2) is 6.87. The first-order chi connectivity index (χ1) is 11.1. The summed E-state index contributed by atoms with van der Waals surface area (Å²) in [6.07, 6.45) is 2.37. The van der Waals surface area contributed by atoms with E-state index in [1.165, 1.54) is 16.0 Å². The maximum absolute atomic E-state index is 12.9. The molecule has 1 aliphatic carbocycles. The third-order valence-electron chi connectivity index (χ3n) is 6.36. The third kappa shape index (κ3) is 3.10. The number of thiophene rings is 1. The molecule has 2 amide bonds. The van der Waals surface area contributed by atoms with Gasteiger partial charge in [-0.25, -0.2) is 0 Å². The zero-order valence-electron chi connectivity index (χ0n) is 15.7. The zero-order chi connectivity index (χ0) is 18.1. The standard InChI is InChI=1S/C19H30N2O2S/c1-12-13(2)24-11-14(12)8-10-21-17(23)19(5)9-7-15(16(22)20-6)18(19,3)4/h11,15H,7-10H2,1-6H3,(H,20,22)(H,21,23)/t15-,19+/m0/s1. The average Bonchev–Trinajstić information content (AvgIpc) is 2.98. The number of nitrogens with one attached hydrogen (secondary N) is 2. The van der Waals surface area contributed by atoms with E-state index in [1.807, 2.05) is 20.8 Å². The van der Waals surface area contributed by atoms with E-state index in [9.17, 15) is 9.59 Å². The number of amides is 2. The van der Waals surface area contributed by atoms with Gasteiger partial charge in [-0.15, -0.1) is 11.3 Å². The van der Waals surface area contributed by atoms with Gasteiger partial charge >= 0.3 is 0 Å². The molecule has 24 heavy (non-hydrogen) atoms. The van der Waals surface area contributed by atoms with Crippen LogP contribution in [0.1, 0.15) is 49.6 Å². The summed E-state index contributed by atoms with van der Waals surface area (Å²) in [4.78, 5) is 26.4. The fraction of sp³-hybridized carbons (Fsp3) is 0.684. The van der Waals surface area contributed by atoms with Crippen LogP contribution in [0.15, 0.2) is 5.38 Å². The molecule has 0 radical (unpaired) electrons. The van der Waals surface area contributed by atoms with Gasteiger partial charge in [-0.05, 0) is 55.0 Å². The summed E-state index contributed by atoms with van der Waals surface area (Å²) < 4.78 is 0. The molecule has 0 aliphatic heterocycles. The minimum Gasteiger partial charge on any atom is -0.359 e. The van der Waals surface area contributed by atoms with Crippen molar-refractivity contribution in [3.8, 4) is 0 Å². The lowest BCUT2D eigenvalue weighted by molar-refractivity contribution is -0.138. The summed E-state index contributed by atoms with van der Waals surface area (Å²) in [5.41, 5.74) is 1.79. The van der Waals surface area contributed by atoms with E-state index in [0.717, 1.165) is 19.3 Å². The average molecular weight is 351 g/mol. The van der Waals surface area contributed by atoms with E-state index in [2.05, 4.69) is 29.9 Å². The van der Waals surface area contributed by atoms with Crippen LogP contribution in [0.2, 0.25) is 0 Å². The van der Waals surface area contributed by atoms with Gasteiger partial charge in [-0.2, -0.15) is 0 Å². The Morgan fingerprint density at radius 3 is 2.50 bits per heavy atom. The lowest BCUT2D eigenvalue weighted by Gasteiger charge is -2.39. The van der Waals surface area contributed by atoms with Crippen molar-refractivity contribution < 1.29 is 9.59 Å². The summed E-state index contributed by atoms with van der Waals surface area (Å²) in [7, 11) is 1.67. The molecule has 1 saturated carbocycles. The summed E-state index contributed by atoms with van der Waals surface area (Å²) in [5, 5.41) is 8.04. The minimum absolute atomic E-state index is 0.0425. The van der Waals surface area contributed by atoms with Gasteiger partial charge < -0.3 is 10.6 Å². The quantitative estimate of drug-likeness (QED) is 0.857. The summed E-state index contributed by atoms with van der Waals surface area (Å²) in [6.45, 7) is 11.0. The fourth-order valence-corrected chi connectivity index (χ4v) is 4.78. The molecule has 0 saturated heterocycles. The van der Waals surface area contributed by atoms with E-state index in [4.69, 9.17) is 0 Å². The maximum Gasteiger partial charge on any atom is 0.226 e. The highest BCUT2D eigenvalue weighted by atomic mass is 32.1. The van der Waals surface area contributed by atoms with Crippen molar-refractivity contribution in [2.45, 2.75) is 53.9 Å². The highest BCUT2D eigenvalue weighted by molar-refractivity contribution is 7.10. The Bertz CT molecular complexity index is 635. The highest BCUT2D eigenvalue weighted by Gasteiger charge is 2.57. The topological polar surface area (TPSA) is 58.2 Å². The monoisotopic (exact) mass is 350 g/mol. The zero-order valence-corrected chi connectivity index (χ0v) is 16.5. The number of hydrogen-bond acceptors (Lipinski definition) is 3. The SMILES string of the molecule is CNC(=O)[C@@H]1CC[C@](C)(C(=O)NCCc2csc(C)c2C)C1(C)C. The molecular weight excluding hydrogens is 320 g/mol. The van der Waals surface area contributed by atoms with Gasteiger partial charge in [0.05, 0.1) is 5.41 Å². The van der Waals surface area contributed by atoms with Gasteiger partial charge in [0.2, 0.25) is 11.8 Å². The minimum atomic E-state index is -0.510. The molecule has 4 nitrogen and oxygen atoms in total. The van der Waals surface area contributed by atoms with Crippen LogP contribution in [0.25, 0.3) is 0 Å². The molecule has 0 unspecified atom stereocenters. The molecule has 0 bridgehead atoms. The van der Waals surface area contributed by atoms with Crippen LogP contribution in [0, 0.1) is 30.6 Å². The normalized spacial score (nSPS) is 25.5. The van der Waals surface area contributed by atoms with E-state index < -0.39 is 5.41 Å². The Labute approximate surface area is 149 Å². The van der Waals surface area contributed by atoms with Crippen LogP contribution in [-0.4, -0.2) is 25.4 Å². The van der Waals surface area contributed by atoms with Crippen LogP contribution in [0.5, 0.6) is 0 Å². The van der Waals surface area contributed by atoms with Crippen molar-refractivity contribution in [1.82, 2.24) is 10.6 Å². The predicted octanol–water partition coefficient (Wildman–Crippen LogP) is 3.21. The molecule has 134 valence electrons. The van der Waals surface area contributed by atoms with Gasteiger partial charge in [0, 0.05) is 24.4 Å². The number of rotatable bonds is 5. The first-order valence-corrected chi connectivity index (χ1v) is 9.56. The molecular formula is C19H30N2O2S. The largest absolute Gasteiger partial charge is 0.359 e. The summed E-state index contributed by atoms with van der Waals surface area (Å²) >= 11 is 1.76. The van der Waals surface area contributed by atoms with Crippen molar-refractivity contribution in [2.75, 3.05) is 13.6 Å². The molecule has 1 aromatic heterocycles. The van der Waals surface area contributed by atoms with Crippen molar-refractivity contribution in [2.24, 2.45) is 16.7 Å². The molecule has 0 spiro atoms. The van der Waals surface area contributed by atoms with E-state index in [1.54, 1.807) is 18.4 Å². The Kier molecular flexibility index (Phi) is 5.43. The van der Waals surface area contributed by atoms with Crippen molar-refractivity contribution in [3.05, 3.63) is 21.4 Å². The molecule has 1 heterocycles. The highest BCUT2D eigenvalue weighted by Crippen LogP contribution is 2.56. The van der Waals surface area contributed by atoms with Gasteiger partial charge in [0.25, 0.3) is 0 Å². The molecule has 1 aliphatic rings. The molecule has 2 atom stereocenters. The first kappa shape index (κ1) is 19.0. The van der Waals surface area contributed by atoms with Crippen molar-refractivity contribution >= 4 is 23.2 Å². The van der Waals surface area contributed by atoms with Crippen LogP contribution >= 0.6 is 11.3 Å². The van der Waals surface area contributed by atoms with Gasteiger partial charge in [0.1, 0.15) is 0 Å². The molecule has 1 fully saturated rings. The number of carbonyl (C=O) groups excluding carboxylic acids is 2. The lowest BCUT2D eigenvalue weighted by atomic mass is 9.65. The van der Waals surface area contributed by atoms with Gasteiger partial charge in [0.15, 0.2) is 0 Å². The smallest absolute Gasteiger partial charge is 0.226 e. The molecule has 2 N–H and O–H groups in total. The Hall–Kier alpha value is -1.36. The van der Waals surface area contributed by atoms with Crippen LogP contribution in [0.3, 0.4) is 0 Å². The number of aryl methyl sites for hydroxylation is 1. The molecule has 1 aromatic rings. The third-order valence-corrected chi connectivity index (χ3v) is 7.42. The van der Waals surface area contributed by atoms with Crippen LogP contribution in [0.4, 0.5) is 0 Å². The molecule has 0 aromatic carbocycles. The van der Waals surface area contributed by atoms with E-state index in [-0.39, 0.29) is 23.1 Å². The summed E-state index contributed by atoms with van der Waals surface area (Å²) in [5.74, 6) is 0.00410. The van der Waals surface area contributed by atoms with Gasteiger partial charge in [-0.3, -0.25) is 9.59 Å². The molecule has 2 rings (SSSR count). The summed E-state index contributed by atoms with van der Waals surface area (Å²) in [6, 6.07) is 0. The Balaban J connectivity index is 2.01. The second-order valence-electron chi connectivity index (χ2n) is 7.71. The number of hydrogen-bond donors (Lipinski definition) is 2. The van der Waals surface area contributed by atoms with Crippen LogP contribution in [-0.2, 0) is 16.0 Å². The van der Waals surface area contributed by atoms with Crippen molar-refractivity contribution in [1.29, 1.82) is 0 Å². The fourth-order valence-electron chi connectivity index (χ4n) is 3.85. The lowest BCUT2D eigenvalue weighted by Crippen LogP contribution is -2.49. The second-order valence-corrected chi connectivity index (χ2v) is 8.79. The Morgan fingerprint density at radius 2 is 1.96 bits per heavy atom.